The van der Waals surface area contributed by atoms with Crippen LogP contribution in [0.15, 0.2) is 17.1 Å². The van der Waals surface area contributed by atoms with Crippen LogP contribution in [0.25, 0.3) is 0 Å². The van der Waals surface area contributed by atoms with Gasteiger partial charge in [0.05, 0.1) is 13.2 Å². The third-order valence-corrected chi connectivity index (χ3v) is 2.66. The zero-order chi connectivity index (χ0) is 13.0. The third kappa shape index (κ3) is 3.68. The summed E-state index contributed by atoms with van der Waals surface area (Å²) in [6.07, 6.45) is 0.991. The van der Waals surface area contributed by atoms with E-state index in [1.807, 2.05) is 12.1 Å². The molecule has 1 aliphatic heterocycles. The Kier molecular flexibility index (Phi) is 3.79. The molecule has 98 valence electrons. The molecule has 5 nitrogen and oxygen atoms in total. The molecule has 0 fully saturated rings. The first kappa shape index (κ1) is 12.8. The first-order chi connectivity index (χ1) is 8.54. The minimum Gasteiger partial charge on any atom is -0.477 e. The monoisotopic (exact) mass is 248 g/mol. The first-order valence-electron chi connectivity index (χ1n) is 6.30. The van der Waals surface area contributed by atoms with Gasteiger partial charge in [-0.15, -0.1) is 10.2 Å². The Morgan fingerprint density at radius 1 is 1.28 bits per heavy atom. The standard InChI is InChI=1S/C13H20N4O/c1-13(2,3)6-9-18-11-5-4-10(16-17-11)12-14-7-8-15-12/h4-5H,6-9H2,1-3H3,(H,14,15). The lowest BCUT2D eigenvalue weighted by Gasteiger charge is -2.17. The fourth-order valence-electron chi connectivity index (χ4n) is 1.55. The Labute approximate surface area is 108 Å². The van der Waals surface area contributed by atoms with Crippen LogP contribution in [0, 0.1) is 5.41 Å². The van der Waals surface area contributed by atoms with Crippen LogP contribution in [0.3, 0.4) is 0 Å². The van der Waals surface area contributed by atoms with Crippen molar-refractivity contribution in [2.24, 2.45) is 10.4 Å². The molecule has 0 aromatic carbocycles. The number of amidine groups is 1. The lowest BCUT2D eigenvalue weighted by Crippen LogP contribution is -2.21. The summed E-state index contributed by atoms with van der Waals surface area (Å²) in [4.78, 5) is 4.29. The molecule has 0 bridgehead atoms. The maximum absolute atomic E-state index is 5.57. The minimum absolute atomic E-state index is 0.274. The van der Waals surface area contributed by atoms with Crippen molar-refractivity contribution < 1.29 is 4.74 Å². The molecular weight excluding hydrogens is 228 g/mol. The fraction of sp³-hybridized carbons (Fsp3) is 0.615. The molecular formula is C13H20N4O. The molecule has 1 aromatic rings. The van der Waals surface area contributed by atoms with Gasteiger partial charge in [-0.25, -0.2) is 0 Å². The summed E-state index contributed by atoms with van der Waals surface area (Å²) in [6.45, 7) is 8.91. The highest BCUT2D eigenvalue weighted by Crippen LogP contribution is 2.18. The predicted octanol–water partition coefficient (Wildman–Crippen LogP) is 1.64. The zero-order valence-corrected chi connectivity index (χ0v) is 11.2. The fourth-order valence-corrected chi connectivity index (χ4v) is 1.55. The largest absolute Gasteiger partial charge is 0.477 e. The molecule has 0 radical (unpaired) electrons. The van der Waals surface area contributed by atoms with Crippen LogP contribution in [-0.2, 0) is 0 Å². The minimum atomic E-state index is 0.274. The molecule has 5 heteroatoms. The van der Waals surface area contributed by atoms with Gasteiger partial charge >= 0.3 is 0 Å². The molecule has 18 heavy (non-hydrogen) atoms. The highest BCUT2D eigenvalue weighted by atomic mass is 16.5. The summed E-state index contributed by atoms with van der Waals surface area (Å²) in [7, 11) is 0. The van der Waals surface area contributed by atoms with Gasteiger partial charge in [-0.2, -0.15) is 0 Å². The summed E-state index contributed by atoms with van der Waals surface area (Å²) >= 11 is 0. The van der Waals surface area contributed by atoms with Gasteiger partial charge in [0.1, 0.15) is 11.5 Å². The Bertz CT molecular complexity index is 420. The molecule has 0 saturated heterocycles. The lowest BCUT2D eigenvalue weighted by atomic mass is 9.93. The number of rotatable bonds is 4. The van der Waals surface area contributed by atoms with Crippen molar-refractivity contribution in [2.45, 2.75) is 27.2 Å². The second-order valence-corrected chi connectivity index (χ2v) is 5.57. The van der Waals surface area contributed by atoms with Gasteiger partial charge < -0.3 is 10.1 Å². The van der Waals surface area contributed by atoms with Gasteiger partial charge in [-0.3, -0.25) is 4.99 Å². The quantitative estimate of drug-likeness (QED) is 0.880. The van der Waals surface area contributed by atoms with Gasteiger partial charge in [-0.05, 0) is 17.9 Å². The third-order valence-electron chi connectivity index (χ3n) is 2.66. The van der Waals surface area contributed by atoms with E-state index < -0.39 is 0 Å². The second-order valence-electron chi connectivity index (χ2n) is 5.57. The number of nitrogens with zero attached hydrogens (tertiary/aromatic N) is 3. The van der Waals surface area contributed by atoms with E-state index in [4.69, 9.17) is 4.74 Å². The Morgan fingerprint density at radius 2 is 2.11 bits per heavy atom. The molecule has 0 spiro atoms. The van der Waals surface area contributed by atoms with Crippen molar-refractivity contribution in [3.8, 4) is 5.88 Å². The van der Waals surface area contributed by atoms with Crippen LogP contribution in [0.2, 0.25) is 0 Å². The van der Waals surface area contributed by atoms with E-state index in [0.717, 1.165) is 31.0 Å². The number of hydrogen-bond donors (Lipinski definition) is 1. The highest BCUT2D eigenvalue weighted by Gasteiger charge is 2.12. The molecule has 0 amide bonds. The summed E-state index contributed by atoms with van der Waals surface area (Å²) in [5.74, 6) is 1.39. The van der Waals surface area contributed by atoms with Crippen LogP contribution in [0.1, 0.15) is 32.9 Å². The average molecular weight is 248 g/mol. The SMILES string of the molecule is CC(C)(C)CCOc1ccc(C2=NCCN2)nn1. The Morgan fingerprint density at radius 3 is 2.67 bits per heavy atom. The zero-order valence-electron chi connectivity index (χ0n) is 11.2. The first-order valence-corrected chi connectivity index (χ1v) is 6.30. The van der Waals surface area contributed by atoms with Crippen molar-refractivity contribution in [2.75, 3.05) is 19.7 Å². The van der Waals surface area contributed by atoms with Crippen LogP contribution >= 0.6 is 0 Å². The van der Waals surface area contributed by atoms with Crippen molar-refractivity contribution in [1.82, 2.24) is 15.5 Å². The number of nitrogens with one attached hydrogen (secondary N) is 1. The van der Waals surface area contributed by atoms with E-state index in [9.17, 15) is 0 Å². The lowest BCUT2D eigenvalue weighted by molar-refractivity contribution is 0.234. The molecule has 1 aromatic heterocycles. The maximum Gasteiger partial charge on any atom is 0.233 e. The van der Waals surface area contributed by atoms with Crippen molar-refractivity contribution >= 4 is 5.84 Å². The summed E-state index contributed by atoms with van der Waals surface area (Å²) in [6, 6.07) is 3.73. The van der Waals surface area contributed by atoms with Crippen LogP contribution in [0.4, 0.5) is 0 Å². The van der Waals surface area contributed by atoms with E-state index in [-0.39, 0.29) is 5.41 Å². The second kappa shape index (κ2) is 5.33. The predicted molar refractivity (Wildman–Crippen MR) is 71.0 cm³/mol. The summed E-state index contributed by atoms with van der Waals surface area (Å²) < 4.78 is 5.57. The number of ether oxygens (including phenoxy) is 1. The molecule has 2 heterocycles. The number of hydrogen-bond acceptors (Lipinski definition) is 5. The highest BCUT2D eigenvalue weighted by molar-refractivity contribution is 5.97. The van der Waals surface area contributed by atoms with E-state index in [1.165, 1.54) is 0 Å². The molecule has 0 saturated carbocycles. The van der Waals surface area contributed by atoms with Gasteiger partial charge in [0.15, 0.2) is 0 Å². The van der Waals surface area contributed by atoms with Crippen molar-refractivity contribution in [3.63, 3.8) is 0 Å². The van der Waals surface area contributed by atoms with Crippen molar-refractivity contribution in [1.29, 1.82) is 0 Å². The van der Waals surface area contributed by atoms with E-state index in [0.29, 0.717) is 12.5 Å². The molecule has 1 N–H and O–H groups in total. The Balaban J connectivity index is 1.88. The normalized spacial score (nSPS) is 15.2. The molecule has 2 rings (SSSR count). The topological polar surface area (TPSA) is 59.4 Å². The van der Waals surface area contributed by atoms with Gasteiger partial charge in [0, 0.05) is 12.6 Å². The summed E-state index contributed by atoms with van der Waals surface area (Å²) in [5.41, 5.74) is 1.05. The van der Waals surface area contributed by atoms with E-state index in [2.05, 4.69) is 41.3 Å². The maximum atomic E-state index is 5.57. The average Bonchev–Trinajstić information content (AvgIpc) is 2.82. The van der Waals surface area contributed by atoms with Gasteiger partial charge in [-0.1, -0.05) is 20.8 Å². The van der Waals surface area contributed by atoms with Gasteiger partial charge in [0.25, 0.3) is 0 Å². The van der Waals surface area contributed by atoms with E-state index in [1.54, 1.807) is 0 Å². The smallest absolute Gasteiger partial charge is 0.233 e. The van der Waals surface area contributed by atoms with Crippen LogP contribution in [0.5, 0.6) is 5.88 Å². The molecule has 0 atom stereocenters. The molecule has 0 aliphatic carbocycles. The molecule has 0 unspecified atom stereocenters. The van der Waals surface area contributed by atoms with Crippen LogP contribution in [-0.4, -0.2) is 35.7 Å². The van der Waals surface area contributed by atoms with Crippen molar-refractivity contribution in [3.05, 3.63) is 17.8 Å². The van der Waals surface area contributed by atoms with E-state index >= 15 is 0 Å². The number of aromatic nitrogens is 2. The Hall–Kier alpha value is -1.65. The summed E-state index contributed by atoms with van der Waals surface area (Å²) in [5, 5.41) is 11.3. The van der Waals surface area contributed by atoms with Crippen LogP contribution < -0.4 is 10.1 Å². The van der Waals surface area contributed by atoms with Gasteiger partial charge in [0.2, 0.25) is 5.88 Å². The molecule has 1 aliphatic rings. The number of aliphatic imine (C=N–C) groups is 1.